The average Bonchev–Trinajstić information content (AvgIpc) is 2.69. The van der Waals surface area contributed by atoms with Gasteiger partial charge in [0, 0.05) is 12.1 Å². The molecule has 0 saturated heterocycles. The molecular formula is C22H28N2O2S. The first-order chi connectivity index (χ1) is 13.1. The van der Waals surface area contributed by atoms with Gasteiger partial charge in [-0.2, -0.15) is 11.8 Å². The Balaban J connectivity index is 1.85. The van der Waals surface area contributed by atoms with Gasteiger partial charge in [0.1, 0.15) is 6.04 Å². The minimum absolute atomic E-state index is 0.113. The van der Waals surface area contributed by atoms with E-state index in [4.69, 9.17) is 0 Å². The number of carbonyl (C=O) groups is 2. The molecular weight excluding hydrogens is 356 g/mol. The van der Waals surface area contributed by atoms with Crippen LogP contribution in [-0.4, -0.2) is 36.4 Å². The summed E-state index contributed by atoms with van der Waals surface area (Å²) in [5, 5.41) is 5.86. The number of hydrogen-bond donors (Lipinski definition) is 2. The number of nitrogens with one attached hydrogen (secondary N) is 2. The quantitative estimate of drug-likeness (QED) is 0.616. The third kappa shape index (κ3) is 7.47. The van der Waals surface area contributed by atoms with E-state index in [0.717, 1.165) is 24.2 Å². The Morgan fingerprint density at radius 1 is 1.07 bits per heavy atom. The summed E-state index contributed by atoms with van der Waals surface area (Å²) in [7, 11) is 0. The summed E-state index contributed by atoms with van der Waals surface area (Å²) in [5.41, 5.74) is 2.87. The van der Waals surface area contributed by atoms with Gasteiger partial charge in [0.05, 0.1) is 0 Å². The van der Waals surface area contributed by atoms with Crippen LogP contribution < -0.4 is 10.6 Å². The molecule has 2 rings (SSSR count). The summed E-state index contributed by atoms with van der Waals surface area (Å²) in [6.45, 7) is 2.55. The van der Waals surface area contributed by atoms with E-state index in [1.54, 1.807) is 17.8 Å². The SMILES string of the molecule is CSCCC(NC(=O)c1cccc(C)c1)C(=O)NCCCc1ccccc1. The van der Waals surface area contributed by atoms with Crippen molar-refractivity contribution in [2.75, 3.05) is 18.6 Å². The molecule has 0 heterocycles. The van der Waals surface area contributed by atoms with Gasteiger partial charge in [0.15, 0.2) is 0 Å². The van der Waals surface area contributed by atoms with Crippen LogP contribution in [0.2, 0.25) is 0 Å². The van der Waals surface area contributed by atoms with Crippen LogP contribution in [0.1, 0.15) is 34.3 Å². The molecule has 1 atom stereocenters. The van der Waals surface area contributed by atoms with Crippen molar-refractivity contribution in [3.63, 3.8) is 0 Å². The molecule has 0 spiro atoms. The highest BCUT2D eigenvalue weighted by atomic mass is 32.2. The lowest BCUT2D eigenvalue weighted by Gasteiger charge is -2.18. The number of rotatable bonds is 10. The van der Waals surface area contributed by atoms with Crippen molar-refractivity contribution in [1.82, 2.24) is 10.6 Å². The molecule has 0 bridgehead atoms. The van der Waals surface area contributed by atoms with E-state index in [0.29, 0.717) is 18.5 Å². The van der Waals surface area contributed by atoms with Gasteiger partial charge < -0.3 is 10.6 Å². The summed E-state index contributed by atoms with van der Waals surface area (Å²) >= 11 is 1.67. The molecule has 5 heteroatoms. The molecule has 2 amide bonds. The number of aryl methyl sites for hydroxylation is 2. The number of thioether (sulfide) groups is 1. The topological polar surface area (TPSA) is 58.2 Å². The van der Waals surface area contributed by atoms with Crippen LogP contribution in [0.5, 0.6) is 0 Å². The predicted molar refractivity (Wildman–Crippen MR) is 113 cm³/mol. The third-order valence-corrected chi connectivity index (χ3v) is 4.94. The van der Waals surface area contributed by atoms with Crippen LogP contribution in [-0.2, 0) is 11.2 Å². The first kappa shape index (κ1) is 21.0. The van der Waals surface area contributed by atoms with Crippen molar-refractivity contribution in [2.24, 2.45) is 0 Å². The van der Waals surface area contributed by atoms with E-state index in [9.17, 15) is 9.59 Å². The molecule has 0 aromatic heterocycles. The summed E-state index contributed by atoms with van der Waals surface area (Å²) in [4.78, 5) is 25.1. The highest BCUT2D eigenvalue weighted by molar-refractivity contribution is 7.98. The fourth-order valence-corrected chi connectivity index (χ4v) is 3.28. The first-order valence-corrected chi connectivity index (χ1v) is 10.7. The smallest absolute Gasteiger partial charge is 0.251 e. The van der Waals surface area contributed by atoms with Crippen LogP contribution in [0.3, 0.4) is 0 Å². The highest BCUT2D eigenvalue weighted by Gasteiger charge is 2.20. The maximum atomic E-state index is 12.6. The standard InChI is InChI=1S/C22H28N2O2S/c1-17-8-6-12-19(16-17)21(25)24-20(13-15-27-2)22(26)23-14-7-11-18-9-4-3-5-10-18/h3-6,8-10,12,16,20H,7,11,13-15H2,1-2H3,(H,23,26)(H,24,25). The molecule has 0 radical (unpaired) electrons. The molecule has 2 N–H and O–H groups in total. The Morgan fingerprint density at radius 3 is 2.56 bits per heavy atom. The molecule has 0 aliphatic heterocycles. The Hall–Kier alpha value is -2.27. The third-order valence-electron chi connectivity index (χ3n) is 4.30. The first-order valence-electron chi connectivity index (χ1n) is 9.28. The van der Waals surface area contributed by atoms with Crippen LogP contribution >= 0.6 is 11.8 Å². The fourth-order valence-electron chi connectivity index (χ4n) is 2.80. The van der Waals surface area contributed by atoms with Crippen molar-refractivity contribution in [3.8, 4) is 0 Å². The Morgan fingerprint density at radius 2 is 1.85 bits per heavy atom. The van der Waals surface area contributed by atoms with Gasteiger partial charge in [-0.25, -0.2) is 0 Å². The Bertz CT molecular complexity index is 734. The van der Waals surface area contributed by atoms with Crippen molar-refractivity contribution >= 4 is 23.6 Å². The fraction of sp³-hybridized carbons (Fsp3) is 0.364. The minimum Gasteiger partial charge on any atom is -0.354 e. The van der Waals surface area contributed by atoms with Crippen LogP contribution in [0, 0.1) is 6.92 Å². The molecule has 0 fully saturated rings. The zero-order chi connectivity index (χ0) is 19.5. The number of carbonyl (C=O) groups excluding carboxylic acids is 2. The molecule has 0 aliphatic rings. The monoisotopic (exact) mass is 384 g/mol. The van der Waals surface area contributed by atoms with Gasteiger partial charge in [-0.05, 0) is 55.9 Å². The number of hydrogen-bond acceptors (Lipinski definition) is 3. The van der Waals surface area contributed by atoms with Gasteiger partial charge in [0.25, 0.3) is 5.91 Å². The van der Waals surface area contributed by atoms with Gasteiger partial charge in [-0.1, -0.05) is 48.0 Å². The average molecular weight is 385 g/mol. The van der Waals surface area contributed by atoms with Gasteiger partial charge in [0.2, 0.25) is 5.91 Å². The zero-order valence-corrected chi connectivity index (χ0v) is 16.9. The number of amides is 2. The summed E-state index contributed by atoms with van der Waals surface area (Å²) in [6, 6.07) is 17.1. The van der Waals surface area contributed by atoms with Crippen molar-refractivity contribution in [3.05, 3.63) is 71.3 Å². The van der Waals surface area contributed by atoms with E-state index in [1.165, 1.54) is 5.56 Å². The normalized spacial score (nSPS) is 11.6. The second kappa shape index (κ2) is 11.4. The summed E-state index contributed by atoms with van der Waals surface area (Å²) in [5.74, 6) is 0.498. The van der Waals surface area contributed by atoms with Crippen LogP contribution in [0.25, 0.3) is 0 Å². The van der Waals surface area contributed by atoms with Crippen molar-refractivity contribution < 1.29 is 9.59 Å². The largest absolute Gasteiger partial charge is 0.354 e. The van der Waals surface area contributed by atoms with Crippen LogP contribution in [0.15, 0.2) is 54.6 Å². The molecule has 27 heavy (non-hydrogen) atoms. The van der Waals surface area contributed by atoms with Gasteiger partial charge in [-0.3, -0.25) is 9.59 Å². The molecule has 144 valence electrons. The van der Waals surface area contributed by atoms with E-state index < -0.39 is 6.04 Å². The second-order valence-electron chi connectivity index (χ2n) is 6.56. The molecule has 0 saturated carbocycles. The Kier molecular flexibility index (Phi) is 8.92. The molecule has 4 nitrogen and oxygen atoms in total. The summed E-state index contributed by atoms with van der Waals surface area (Å²) < 4.78 is 0. The van der Waals surface area contributed by atoms with Gasteiger partial charge in [-0.15, -0.1) is 0 Å². The van der Waals surface area contributed by atoms with Crippen molar-refractivity contribution in [1.29, 1.82) is 0 Å². The highest BCUT2D eigenvalue weighted by Crippen LogP contribution is 2.07. The lowest BCUT2D eigenvalue weighted by molar-refractivity contribution is -0.123. The molecule has 2 aromatic carbocycles. The number of benzene rings is 2. The molecule has 1 unspecified atom stereocenters. The van der Waals surface area contributed by atoms with Crippen molar-refractivity contribution in [2.45, 2.75) is 32.2 Å². The summed E-state index contributed by atoms with van der Waals surface area (Å²) in [6.07, 6.45) is 4.41. The lowest BCUT2D eigenvalue weighted by Crippen LogP contribution is -2.47. The van der Waals surface area contributed by atoms with Crippen LogP contribution in [0.4, 0.5) is 0 Å². The maximum absolute atomic E-state index is 12.6. The van der Waals surface area contributed by atoms with E-state index in [2.05, 4.69) is 22.8 Å². The van der Waals surface area contributed by atoms with E-state index in [1.807, 2.05) is 49.6 Å². The van der Waals surface area contributed by atoms with E-state index in [-0.39, 0.29) is 11.8 Å². The van der Waals surface area contributed by atoms with Gasteiger partial charge >= 0.3 is 0 Å². The minimum atomic E-state index is -0.512. The molecule has 2 aromatic rings. The second-order valence-corrected chi connectivity index (χ2v) is 7.54. The predicted octanol–water partition coefficient (Wildman–Crippen LogP) is 3.60. The molecule has 0 aliphatic carbocycles. The zero-order valence-electron chi connectivity index (χ0n) is 16.0. The lowest BCUT2D eigenvalue weighted by atomic mass is 10.1. The van der Waals surface area contributed by atoms with E-state index >= 15 is 0 Å². The Labute approximate surface area is 166 Å². The maximum Gasteiger partial charge on any atom is 0.251 e.